The molecule has 1 unspecified atom stereocenters. The maximum atomic E-state index is 9.71. The first-order valence-electron chi connectivity index (χ1n) is 10.7. The highest BCUT2D eigenvalue weighted by molar-refractivity contribution is 5.94. The zero-order valence-electron chi connectivity index (χ0n) is 17.6. The Balaban J connectivity index is 1.59. The van der Waals surface area contributed by atoms with Crippen molar-refractivity contribution in [3.8, 4) is 0 Å². The van der Waals surface area contributed by atoms with E-state index < -0.39 is 0 Å². The molecule has 0 bridgehead atoms. The molecule has 1 aromatic heterocycles. The van der Waals surface area contributed by atoms with Gasteiger partial charge in [0.1, 0.15) is 0 Å². The Kier molecular flexibility index (Phi) is 5.85. The van der Waals surface area contributed by atoms with Gasteiger partial charge in [-0.05, 0) is 70.9 Å². The van der Waals surface area contributed by atoms with E-state index in [0.717, 1.165) is 31.6 Å². The molecule has 2 aromatic rings. The van der Waals surface area contributed by atoms with E-state index in [1.54, 1.807) is 0 Å². The minimum atomic E-state index is 0.261. The Morgan fingerprint density at radius 1 is 1.11 bits per heavy atom. The number of pyridine rings is 1. The molecule has 152 valence electrons. The number of fused-ring (bicyclic) bond motifs is 1. The third-order valence-corrected chi connectivity index (χ3v) is 6.65. The summed E-state index contributed by atoms with van der Waals surface area (Å²) in [6.45, 7) is 10.0. The third kappa shape index (κ3) is 3.88. The standard InChI is InChI=1S/C23H34N4O/c1-17-14-18(2)23-21(15-17)22(4-8-24-23)26-11-12-27(20(16-26)7-13-28)19-5-9-25(3)10-6-19/h4,8,14-15,19-20,28H,5-7,9-13,16H2,1-3H3. The molecule has 0 radical (unpaired) electrons. The molecule has 2 fully saturated rings. The molecular formula is C23H34N4O. The average Bonchev–Trinajstić information content (AvgIpc) is 2.68. The number of aliphatic hydroxyl groups is 1. The molecule has 2 aliphatic rings. The summed E-state index contributed by atoms with van der Waals surface area (Å²) < 4.78 is 0. The molecular weight excluding hydrogens is 348 g/mol. The lowest BCUT2D eigenvalue weighted by molar-refractivity contribution is 0.0599. The van der Waals surface area contributed by atoms with Crippen molar-refractivity contribution in [2.24, 2.45) is 0 Å². The van der Waals surface area contributed by atoms with Gasteiger partial charge in [-0.25, -0.2) is 0 Å². The molecule has 4 rings (SSSR count). The molecule has 2 saturated heterocycles. The maximum absolute atomic E-state index is 9.71. The topological polar surface area (TPSA) is 42.8 Å². The van der Waals surface area contributed by atoms with Crippen LogP contribution in [0, 0.1) is 13.8 Å². The van der Waals surface area contributed by atoms with Crippen LogP contribution in [0.5, 0.6) is 0 Å². The fraction of sp³-hybridized carbons (Fsp3) is 0.609. The lowest BCUT2D eigenvalue weighted by Gasteiger charge is -2.48. The fourth-order valence-corrected chi connectivity index (χ4v) is 5.18. The van der Waals surface area contributed by atoms with Gasteiger partial charge in [-0.1, -0.05) is 11.6 Å². The van der Waals surface area contributed by atoms with Crippen molar-refractivity contribution in [2.75, 3.05) is 51.3 Å². The van der Waals surface area contributed by atoms with Crippen LogP contribution >= 0.6 is 0 Å². The van der Waals surface area contributed by atoms with Crippen LogP contribution in [0.15, 0.2) is 24.4 Å². The van der Waals surface area contributed by atoms with Crippen molar-refractivity contribution >= 4 is 16.6 Å². The predicted octanol–water partition coefficient (Wildman–Crippen LogP) is 2.82. The van der Waals surface area contributed by atoms with Crippen LogP contribution in [0.4, 0.5) is 5.69 Å². The molecule has 0 saturated carbocycles. The van der Waals surface area contributed by atoms with Crippen LogP contribution in [-0.2, 0) is 0 Å². The Hall–Kier alpha value is -1.69. The highest BCUT2D eigenvalue weighted by Crippen LogP contribution is 2.31. The fourth-order valence-electron chi connectivity index (χ4n) is 5.18. The molecule has 3 heterocycles. The van der Waals surface area contributed by atoms with Gasteiger partial charge in [-0.15, -0.1) is 0 Å². The van der Waals surface area contributed by atoms with Crippen molar-refractivity contribution < 1.29 is 5.11 Å². The molecule has 1 N–H and O–H groups in total. The molecule has 5 heteroatoms. The van der Waals surface area contributed by atoms with E-state index in [1.165, 1.54) is 48.1 Å². The predicted molar refractivity (Wildman–Crippen MR) is 116 cm³/mol. The number of aryl methyl sites for hydroxylation is 2. The van der Waals surface area contributed by atoms with Crippen LogP contribution in [0.2, 0.25) is 0 Å². The molecule has 0 aliphatic carbocycles. The smallest absolute Gasteiger partial charge is 0.0752 e. The quantitative estimate of drug-likeness (QED) is 0.881. The summed E-state index contributed by atoms with van der Waals surface area (Å²) in [5.74, 6) is 0. The Labute approximate surface area is 169 Å². The minimum Gasteiger partial charge on any atom is -0.396 e. The largest absolute Gasteiger partial charge is 0.396 e. The number of benzene rings is 1. The summed E-state index contributed by atoms with van der Waals surface area (Å²) in [7, 11) is 2.22. The van der Waals surface area contributed by atoms with Crippen LogP contribution in [0.25, 0.3) is 10.9 Å². The second-order valence-corrected chi connectivity index (χ2v) is 8.69. The van der Waals surface area contributed by atoms with E-state index in [9.17, 15) is 5.11 Å². The van der Waals surface area contributed by atoms with Gasteiger partial charge in [0.25, 0.3) is 0 Å². The number of hydrogen-bond acceptors (Lipinski definition) is 5. The van der Waals surface area contributed by atoms with E-state index in [0.29, 0.717) is 12.1 Å². The van der Waals surface area contributed by atoms with Crippen LogP contribution in [0.3, 0.4) is 0 Å². The van der Waals surface area contributed by atoms with E-state index in [2.05, 4.69) is 58.8 Å². The monoisotopic (exact) mass is 382 g/mol. The molecule has 5 nitrogen and oxygen atoms in total. The Bertz CT molecular complexity index is 816. The number of aliphatic hydroxyl groups excluding tert-OH is 1. The molecule has 1 aromatic carbocycles. The third-order valence-electron chi connectivity index (χ3n) is 6.65. The first kappa shape index (κ1) is 19.6. The first-order chi connectivity index (χ1) is 13.6. The van der Waals surface area contributed by atoms with E-state index in [1.807, 2.05) is 6.20 Å². The molecule has 2 aliphatic heterocycles. The summed E-state index contributed by atoms with van der Waals surface area (Å²) in [4.78, 5) is 12.3. The molecule has 0 amide bonds. The Morgan fingerprint density at radius 2 is 1.89 bits per heavy atom. The second-order valence-electron chi connectivity index (χ2n) is 8.69. The highest BCUT2D eigenvalue weighted by atomic mass is 16.3. The van der Waals surface area contributed by atoms with Gasteiger partial charge in [0, 0.05) is 55.6 Å². The molecule has 28 heavy (non-hydrogen) atoms. The number of piperazine rings is 1. The number of piperidine rings is 1. The van der Waals surface area contributed by atoms with Crippen LogP contribution in [-0.4, -0.2) is 78.4 Å². The normalized spacial score (nSPS) is 22.9. The van der Waals surface area contributed by atoms with E-state index in [-0.39, 0.29) is 6.61 Å². The zero-order valence-corrected chi connectivity index (χ0v) is 17.6. The number of nitrogens with zero attached hydrogens (tertiary/aromatic N) is 4. The number of aromatic nitrogens is 1. The van der Waals surface area contributed by atoms with E-state index in [4.69, 9.17) is 0 Å². The summed E-state index contributed by atoms with van der Waals surface area (Å²) in [5, 5.41) is 11.0. The lowest BCUT2D eigenvalue weighted by Crippen LogP contribution is -2.58. The van der Waals surface area contributed by atoms with Crippen molar-refractivity contribution in [3.63, 3.8) is 0 Å². The van der Waals surface area contributed by atoms with Gasteiger partial charge in [0.2, 0.25) is 0 Å². The lowest BCUT2D eigenvalue weighted by atomic mass is 9.97. The van der Waals surface area contributed by atoms with Gasteiger partial charge in [0.05, 0.1) is 5.52 Å². The highest BCUT2D eigenvalue weighted by Gasteiger charge is 2.33. The van der Waals surface area contributed by atoms with Crippen molar-refractivity contribution in [3.05, 3.63) is 35.5 Å². The van der Waals surface area contributed by atoms with Crippen molar-refractivity contribution in [2.45, 2.75) is 45.2 Å². The van der Waals surface area contributed by atoms with Crippen LogP contribution < -0.4 is 4.90 Å². The average molecular weight is 383 g/mol. The SMILES string of the molecule is Cc1cc(C)c2nccc(N3CCN(C4CCN(C)CC4)C(CCO)C3)c2c1. The van der Waals surface area contributed by atoms with Gasteiger partial charge in [-0.2, -0.15) is 0 Å². The summed E-state index contributed by atoms with van der Waals surface area (Å²) in [5.41, 5.74) is 4.94. The van der Waals surface area contributed by atoms with Gasteiger partial charge in [-0.3, -0.25) is 9.88 Å². The molecule has 0 spiro atoms. The second kappa shape index (κ2) is 8.36. The van der Waals surface area contributed by atoms with Gasteiger partial charge >= 0.3 is 0 Å². The number of rotatable bonds is 4. The first-order valence-corrected chi connectivity index (χ1v) is 10.7. The zero-order chi connectivity index (χ0) is 19.7. The van der Waals surface area contributed by atoms with E-state index >= 15 is 0 Å². The van der Waals surface area contributed by atoms with Gasteiger partial charge < -0.3 is 14.9 Å². The van der Waals surface area contributed by atoms with Gasteiger partial charge in [0.15, 0.2) is 0 Å². The molecule has 1 atom stereocenters. The Morgan fingerprint density at radius 3 is 2.64 bits per heavy atom. The maximum Gasteiger partial charge on any atom is 0.0752 e. The summed E-state index contributed by atoms with van der Waals surface area (Å²) in [6, 6.07) is 7.73. The number of hydrogen-bond donors (Lipinski definition) is 1. The number of anilines is 1. The van der Waals surface area contributed by atoms with Crippen molar-refractivity contribution in [1.29, 1.82) is 0 Å². The summed E-state index contributed by atoms with van der Waals surface area (Å²) in [6.07, 6.45) is 5.29. The summed E-state index contributed by atoms with van der Waals surface area (Å²) >= 11 is 0. The van der Waals surface area contributed by atoms with Crippen molar-refractivity contribution in [1.82, 2.24) is 14.8 Å². The number of likely N-dealkylation sites (tertiary alicyclic amines) is 1. The minimum absolute atomic E-state index is 0.261. The van der Waals surface area contributed by atoms with Crippen LogP contribution in [0.1, 0.15) is 30.4 Å².